The van der Waals surface area contributed by atoms with Crippen LogP contribution >= 0.6 is 11.8 Å². The van der Waals surface area contributed by atoms with Crippen molar-refractivity contribution in [2.75, 3.05) is 0 Å². The minimum absolute atomic E-state index is 0.0121. The summed E-state index contributed by atoms with van der Waals surface area (Å²) in [5.41, 5.74) is 1.90. The fraction of sp³-hybridized carbons (Fsp3) is 0.176. The van der Waals surface area contributed by atoms with E-state index in [0.29, 0.717) is 12.0 Å². The van der Waals surface area contributed by atoms with Gasteiger partial charge in [-0.15, -0.1) is 0 Å². The Hall–Kier alpha value is -2.27. The Bertz CT molecular complexity index is 692. The molecule has 2 aromatic carbocycles. The van der Waals surface area contributed by atoms with Gasteiger partial charge in [0, 0.05) is 9.79 Å². The minimum atomic E-state index is -0.911. The number of hydrogen-bond acceptors (Lipinski definition) is 3. The van der Waals surface area contributed by atoms with Crippen LogP contribution in [0.3, 0.4) is 0 Å². The first-order valence-electron chi connectivity index (χ1n) is 6.84. The molecule has 0 radical (unpaired) electrons. The van der Waals surface area contributed by atoms with Gasteiger partial charge < -0.3 is 10.2 Å². The first kappa shape index (κ1) is 16.1. The van der Waals surface area contributed by atoms with Gasteiger partial charge in [-0.3, -0.25) is 4.79 Å². The van der Waals surface area contributed by atoms with E-state index in [2.05, 4.69) is 0 Å². The Morgan fingerprint density at radius 1 is 1.00 bits per heavy atom. The second kappa shape index (κ2) is 7.13. The van der Waals surface area contributed by atoms with E-state index in [4.69, 9.17) is 10.2 Å². The molecule has 5 heteroatoms. The Morgan fingerprint density at radius 2 is 1.64 bits per heavy atom. The number of aryl methyl sites for hydroxylation is 1. The summed E-state index contributed by atoms with van der Waals surface area (Å²) in [5, 5.41) is 17.9. The molecule has 0 unspecified atom stereocenters. The molecule has 0 bridgehead atoms. The zero-order valence-corrected chi connectivity index (χ0v) is 12.9. The van der Waals surface area contributed by atoms with Crippen LogP contribution in [-0.2, 0) is 17.6 Å². The highest BCUT2D eigenvalue weighted by Crippen LogP contribution is 2.29. The van der Waals surface area contributed by atoms with Crippen molar-refractivity contribution in [3.8, 4) is 0 Å². The van der Waals surface area contributed by atoms with Gasteiger partial charge >= 0.3 is 11.9 Å². The third-order valence-electron chi connectivity index (χ3n) is 3.20. The van der Waals surface area contributed by atoms with Gasteiger partial charge in [0.15, 0.2) is 0 Å². The van der Waals surface area contributed by atoms with Crippen molar-refractivity contribution in [3.05, 3.63) is 59.2 Å². The maximum Gasteiger partial charge on any atom is 0.335 e. The van der Waals surface area contributed by atoms with Gasteiger partial charge in [0.05, 0.1) is 12.0 Å². The smallest absolute Gasteiger partial charge is 0.335 e. The second-order valence-electron chi connectivity index (χ2n) is 4.79. The maximum atomic E-state index is 11.1. The number of carboxylic acid groups (broad SMARTS) is 2. The van der Waals surface area contributed by atoms with E-state index in [9.17, 15) is 9.59 Å². The molecule has 0 atom stereocenters. The highest BCUT2D eigenvalue weighted by atomic mass is 32.2. The summed E-state index contributed by atoms with van der Waals surface area (Å²) in [7, 11) is 0. The molecule has 0 aliphatic rings. The molecule has 0 heterocycles. The number of hydrogen-bond donors (Lipinski definition) is 2. The molecular weight excluding hydrogens is 300 g/mol. The highest BCUT2D eigenvalue weighted by Gasteiger charge is 2.10. The fourth-order valence-corrected chi connectivity index (χ4v) is 3.00. The lowest BCUT2D eigenvalue weighted by atomic mass is 10.1. The SMILES string of the molecule is CCc1cc(Sc2ccc(CC(=O)O)cc2)ccc1C(=O)O. The lowest BCUT2D eigenvalue weighted by molar-refractivity contribution is -0.136. The molecule has 0 aliphatic carbocycles. The van der Waals surface area contributed by atoms with Crippen molar-refractivity contribution in [2.45, 2.75) is 29.6 Å². The summed E-state index contributed by atoms with van der Waals surface area (Å²) in [6.07, 6.45) is 0.672. The van der Waals surface area contributed by atoms with Crippen molar-refractivity contribution in [2.24, 2.45) is 0 Å². The zero-order valence-electron chi connectivity index (χ0n) is 12.1. The Labute approximate surface area is 132 Å². The van der Waals surface area contributed by atoms with E-state index in [1.165, 1.54) is 11.8 Å². The Balaban J connectivity index is 2.16. The molecule has 2 aromatic rings. The predicted molar refractivity (Wildman–Crippen MR) is 84.7 cm³/mol. The number of rotatable bonds is 6. The zero-order chi connectivity index (χ0) is 16.1. The monoisotopic (exact) mass is 316 g/mol. The summed E-state index contributed by atoms with van der Waals surface area (Å²) in [6.45, 7) is 1.93. The van der Waals surface area contributed by atoms with Crippen LogP contribution in [0.15, 0.2) is 52.3 Å². The number of carboxylic acids is 2. The van der Waals surface area contributed by atoms with Gasteiger partial charge in [0.25, 0.3) is 0 Å². The van der Waals surface area contributed by atoms with Crippen LogP contribution in [0.1, 0.15) is 28.4 Å². The van der Waals surface area contributed by atoms with Crippen molar-refractivity contribution >= 4 is 23.7 Å². The molecule has 0 saturated carbocycles. The number of aliphatic carboxylic acids is 1. The van der Waals surface area contributed by atoms with Crippen LogP contribution in [0.5, 0.6) is 0 Å². The lowest BCUT2D eigenvalue weighted by Crippen LogP contribution is -2.01. The van der Waals surface area contributed by atoms with E-state index < -0.39 is 11.9 Å². The number of aromatic carboxylic acids is 1. The van der Waals surface area contributed by atoms with Crippen LogP contribution in [0.2, 0.25) is 0 Å². The third-order valence-corrected chi connectivity index (χ3v) is 4.20. The summed E-state index contributed by atoms with van der Waals surface area (Å²) in [4.78, 5) is 23.7. The molecule has 0 spiro atoms. The molecule has 114 valence electrons. The Morgan fingerprint density at radius 3 is 2.18 bits per heavy atom. The summed E-state index contributed by atoms with van der Waals surface area (Å²) < 4.78 is 0. The van der Waals surface area contributed by atoms with Crippen molar-refractivity contribution < 1.29 is 19.8 Å². The molecule has 2 N–H and O–H groups in total. The average Bonchev–Trinajstić information content (AvgIpc) is 2.48. The lowest BCUT2D eigenvalue weighted by Gasteiger charge is -2.08. The average molecular weight is 316 g/mol. The first-order valence-corrected chi connectivity index (χ1v) is 7.66. The Kier molecular flexibility index (Phi) is 5.22. The first-order chi connectivity index (χ1) is 10.5. The largest absolute Gasteiger partial charge is 0.481 e. The van der Waals surface area contributed by atoms with Crippen molar-refractivity contribution in [1.29, 1.82) is 0 Å². The fourth-order valence-electron chi connectivity index (χ4n) is 2.12. The second-order valence-corrected chi connectivity index (χ2v) is 5.94. The van der Waals surface area contributed by atoms with Crippen LogP contribution in [0.25, 0.3) is 0 Å². The molecule has 0 aromatic heterocycles. The van der Waals surface area contributed by atoms with Crippen molar-refractivity contribution in [3.63, 3.8) is 0 Å². The topological polar surface area (TPSA) is 74.6 Å². The predicted octanol–water partition coefficient (Wildman–Crippen LogP) is 3.73. The van der Waals surface area contributed by atoms with Gasteiger partial charge in [-0.1, -0.05) is 30.8 Å². The molecule has 0 amide bonds. The van der Waals surface area contributed by atoms with Crippen LogP contribution in [0, 0.1) is 0 Å². The summed E-state index contributed by atoms with van der Waals surface area (Å²) >= 11 is 1.52. The molecule has 22 heavy (non-hydrogen) atoms. The van der Waals surface area contributed by atoms with E-state index in [0.717, 1.165) is 20.9 Å². The molecule has 2 rings (SSSR count). The molecule has 0 fully saturated rings. The molecule has 4 nitrogen and oxygen atoms in total. The van der Waals surface area contributed by atoms with E-state index in [-0.39, 0.29) is 6.42 Å². The minimum Gasteiger partial charge on any atom is -0.481 e. The maximum absolute atomic E-state index is 11.1. The normalized spacial score (nSPS) is 10.4. The number of carbonyl (C=O) groups is 2. The van der Waals surface area contributed by atoms with Crippen LogP contribution in [0.4, 0.5) is 0 Å². The van der Waals surface area contributed by atoms with Gasteiger partial charge in [0.1, 0.15) is 0 Å². The van der Waals surface area contributed by atoms with E-state index in [1.807, 2.05) is 25.1 Å². The summed E-state index contributed by atoms with van der Waals surface area (Å²) in [5.74, 6) is -1.76. The highest BCUT2D eigenvalue weighted by molar-refractivity contribution is 7.99. The molecular formula is C17H16O4S. The third kappa shape index (κ3) is 4.11. The standard InChI is InChI=1S/C17H16O4S/c1-2-12-10-14(7-8-15(12)17(20)21)22-13-5-3-11(4-6-13)9-16(18)19/h3-8,10H,2,9H2,1H3,(H,18,19)(H,20,21). The molecule has 0 saturated heterocycles. The number of benzene rings is 2. The molecule has 0 aliphatic heterocycles. The van der Waals surface area contributed by atoms with E-state index >= 15 is 0 Å². The van der Waals surface area contributed by atoms with E-state index in [1.54, 1.807) is 24.3 Å². The van der Waals surface area contributed by atoms with Gasteiger partial charge in [-0.05, 0) is 47.9 Å². The summed E-state index contributed by atoms with van der Waals surface area (Å²) in [6, 6.07) is 12.6. The van der Waals surface area contributed by atoms with Gasteiger partial charge in [-0.2, -0.15) is 0 Å². The van der Waals surface area contributed by atoms with Crippen LogP contribution in [-0.4, -0.2) is 22.2 Å². The van der Waals surface area contributed by atoms with Crippen LogP contribution < -0.4 is 0 Å². The van der Waals surface area contributed by atoms with Gasteiger partial charge in [-0.25, -0.2) is 4.79 Å². The van der Waals surface area contributed by atoms with Crippen molar-refractivity contribution in [1.82, 2.24) is 0 Å². The van der Waals surface area contributed by atoms with Gasteiger partial charge in [0.2, 0.25) is 0 Å². The quantitative estimate of drug-likeness (QED) is 0.849.